The van der Waals surface area contributed by atoms with Gasteiger partial charge in [-0.3, -0.25) is 0 Å². The average molecular weight is 572 g/mol. The van der Waals surface area contributed by atoms with Gasteiger partial charge in [-0.05, 0) is 69.7 Å². The number of allylic oxidation sites excluding steroid dienone is 8. The molecule has 3 heterocycles. The summed E-state index contributed by atoms with van der Waals surface area (Å²) < 4.78 is 2.12. The molecule has 1 aromatic carbocycles. The molecule has 0 fully saturated rings. The molecule has 3 nitrogen and oxygen atoms in total. The number of aromatic nitrogens is 2. The van der Waals surface area contributed by atoms with Gasteiger partial charge < -0.3 is 9.88 Å². The highest BCUT2D eigenvalue weighted by molar-refractivity contribution is 8.03. The Bertz CT molecular complexity index is 1850. The molecule has 0 saturated heterocycles. The van der Waals surface area contributed by atoms with Crippen molar-refractivity contribution in [1.29, 1.82) is 0 Å². The van der Waals surface area contributed by atoms with E-state index in [9.17, 15) is 0 Å². The van der Waals surface area contributed by atoms with Crippen molar-refractivity contribution in [3.63, 3.8) is 0 Å². The SMILES string of the molecule is C=C/C(=C\C(=C)C(=C)/C=c1\c(=C)c(=C)/c(=C\C(=C)C(=C)/C=C(\C=C)C2NC=CS2)n1-c1ccccc1)c1nccs1. The average Bonchev–Trinajstić information content (AvgIpc) is 3.75. The van der Waals surface area contributed by atoms with E-state index >= 15 is 0 Å². The van der Waals surface area contributed by atoms with Crippen molar-refractivity contribution in [2.24, 2.45) is 0 Å². The van der Waals surface area contributed by atoms with Crippen LogP contribution >= 0.6 is 23.1 Å². The Kier molecular flexibility index (Phi) is 9.45. The summed E-state index contributed by atoms with van der Waals surface area (Å²) >= 11 is 3.24. The summed E-state index contributed by atoms with van der Waals surface area (Å²) in [5.74, 6) is 0. The van der Waals surface area contributed by atoms with Gasteiger partial charge >= 0.3 is 0 Å². The van der Waals surface area contributed by atoms with Crippen molar-refractivity contribution in [2.45, 2.75) is 5.37 Å². The lowest BCUT2D eigenvalue weighted by Crippen LogP contribution is -2.35. The van der Waals surface area contributed by atoms with E-state index in [0.29, 0.717) is 0 Å². The first-order chi connectivity index (χ1) is 19.7. The van der Waals surface area contributed by atoms with Crippen LogP contribution in [0.25, 0.3) is 36.6 Å². The van der Waals surface area contributed by atoms with E-state index < -0.39 is 0 Å². The zero-order valence-corrected chi connectivity index (χ0v) is 24.7. The summed E-state index contributed by atoms with van der Waals surface area (Å²) in [6.07, 6.45) is 15.3. The summed E-state index contributed by atoms with van der Waals surface area (Å²) in [6.45, 7) is 33.9. The van der Waals surface area contributed by atoms with E-state index in [0.717, 1.165) is 65.3 Å². The van der Waals surface area contributed by atoms with Gasteiger partial charge in [0.05, 0.1) is 10.7 Å². The number of rotatable bonds is 11. The zero-order chi connectivity index (χ0) is 29.5. The number of nitrogens with zero attached hydrogens (tertiary/aromatic N) is 2. The zero-order valence-electron chi connectivity index (χ0n) is 23.1. The number of hydrogen-bond donors (Lipinski definition) is 1. The number of benzene rings is 1. The molecule has 0 bridgehead atoms. The molecule has 1 unspecified atom stereocenters. The molecule has 0 spiro atoms. The first-order valence-electron chi connectivity index (χ1n) is 12.8. The van der Waals surface area contributed by atoms with Gasteiger partial charge in [0.2, 0.25) is 0 Å². The standard InChI is InChI=1S/C36H33N3S2/c1-9-30(35-37-16-18-40-35)20-24(3)26(5)22-33-28(7)29(8)34(39(33)32-14-12-11-13-15-32)23-27(6)25(4)21-31(10-2)36-38-17-19-41-36/h9-23,35,37H,1-8H2/b30-20+,31-21+,33-22+,34-23+. The second-order valence-electron chi connectivity index (χ2n) is 9.26. The molecule has 1 N–H and O–H groups in total. The molecule has 204 valence electrons. The van der Waals surface area contributed by atoms with Gasteiger partial charge in [0.1, 0.15) is 10.4 Å². The minimum absolute atomic E-state index is 0.103. The topological polar surface area (TPSA) is 29.9 Å². The summed E-state index contributed by atoms with van der Waals surface area (Å²) in [7, 11) is 0. The maximum absolute atomic E-state index is 4.39. The molecule has 41 heavy (non-hydrogen) atoms. The fourth-order valence-corrected chi connectivity index (χ4v) is 5.67. The molecular formula is C36H33N3S2. The van der Waals surface area contributed by atoms with Crippen LogP contribution < -0.4 is 26.5 Å². The third kappa shape index (κ3) is 6.60. The third-order valence-electron chi connectivity index (χ3n) is 6.56. The van der Waals surface area contributed by atoms with E-state index in [2.05, 4.69) is 67.5 Å². The summed E-state index contributed by atoms with van der Waals surface area (Å²) in [5, 5.41) is 11.6. The monoisotopic (exact) mass is 571 g/mol. The molecule has 0 aliphatic carbocycles. The molecule has 0 radical (unpaired) electrons. The fraction of sp³-hybridized carbons (Fsp3) is 0.0278. The van der Waals surface area contributed by atoms with E-state index in [-0.39, 0.29) is 5.37 Å². The van der Waals surface area contributed by atoms with Gasteiger partial charge in [0, 0.05) is 39.5 Å². The fourth-order valence-electron chi connectivity index (χ4n) is 4.23. The molecule has 1 atom stereocenters. The Morgan fingerprint density at radius 1 is 0.854 bits per heavy atom. The number of hydrogen-bond acceptors (Lipinski definition) is 4. The molecule has 2 aromatic heterocycles. The van der Waals surface area contributed by atoms with E-state index in [1.54, 1.807) is 35.4 Å². The highest BCUT2D eigenvalue weighted by Crippen LogP contribution is 2.25. The Morgan fingerprint density at radius 2 is 1.49 bits per heavy atom. The van der Waals surface area contributed by atoms with Crippen LogP contribution in [0.4, 0.5) is 0 Å². The quantitative estimate of drug-likeness (QED) is 0.284. The Labute approximate surface area is 250 Å². The van der Waals surface area contributed by atoms with Crippen molar-refractivity contribution in [3.05, 3.63) is 171 Å². The third-order valence-corrected chi connectivity index (χ3v) is 8.36. The van der Waals surface area contributed by atoms with E-state index in [1.165, 1.54) is 0 Å². The van der Waals surface area contributed by atoms with Crippen LogP contribution in [0, 0.1) is 0 Å². The molecule has 4 rings (SSSR count). The molecule has 1 aliphatic heterocycles. The van der Waals surface area contributed by atoms with E-state index in [1.807, 2.05) is 77.7 Å². The first-order valence-corrected chi connectivity index (χ1v) is 14.7. The predicted octanol–water partition coefficient (Wildman–Crippen LogP) is 6.06. The Morgan fingerprint density at radius 3 is 2.00 bits per heavy atom. The van der Waals surface area contributed by atoms with Gasteiger partial charge in [-0.15, -0.1) is 23.1 Å². The van der Waals surface area contributed by atoms with Gasteiger partial charge in [0.15, 0.2) is 0 Å². The largest absolute Gasteiger partial charge is 0.375 e. The lowest BCUT2D eigenvalue weighted by molar-refractivity contribution is 0.914. The normalized spacial score (nSPS) is 16.0. The molecule has 1 aliphatic rings. The molecule has 0 saturated carbocycles. The highest BCUT2D eigenvalue weighted by atomic mass is 32.2. The van der Waals surface area contributed by atoms with Crippen LogP contribution in [0.15, 0.2) is 145 Å². The van der Waals surface area contributed by atoms with Crippen molar-refractivity contribution in [2.75, 3.05) is 0 Å². The Balaban J connectivity index is 1.82. The van der Waals surface area contributed by atoms with Gasteiger partial charge in [-0.25, -0.2) is 4.98 Å². The summed E-state index contributed by atoms with van der Waals surface area (Å²) in [5.41, 5.74) is 5.92. The number of nitrogens with one attached hydrogen (secondary N) is 1. The van der Waals surface area contributed by atoms with Crippen LogP contribution in [0.3, 0.4) is 0 Å². The minimum atomic E-state index is 0.103. The van der Waals surface area contributed by atoms with Crippen LogP contribution in [-0.2, 0) is 0 Å². The summed E-state index contributed by atoms with van der Waals surface area (Å²) in [4.78, 5) is 4.39. The van der Waals surface area contributed by atoms with Gasteiger partial charge in [-0.1, -0.05) is 83.0 Å². The molecule has 5 heteroatoms. The number of thioether (sulfide) groups is 1. The maximum atomic E-state index is 4.39. The van der Waals surface area contributed by atoms with Gasteiger partial charge in [0.25, 0.3) is 0 Å². The van der Waals surface area contributed by atoms with Crippen molar-refractivity contribution < 1.29 is 0 Å². The summed E-state index contributed by atoms with van der Waals surface area (Å²) in [6, 6.07) is 10.1. The van der Waals surface area contributed by atoms with Gasteiger partial charge in [-0.2, -0.15) is 0 Å². The second-order valence-corrected chi connectivity index (χ2v) is 11.2. The van der Waals surface area contributed by atoms with Crippen molar-refractivity contribution in [3.8, 4) is 5.69 Å². The maximum Gasteiger partial charge on any atom is 0.123 e. The lowest BCUT2D eigenvalue weighted by atomic mass is 10.1. The number of para-hydroxylation sites is 1. The van der Waals surface area contributed by atoms with Crippen LogP contribution in [-0.4, -0.2) is 14.9 Å². The molecular weight excluding hydrogens is 539 g/mol. The van der Waals surface area contributed by atoms with Crippen molar-refractivity contribution in [1.82, 2.24) is 14.9 Å². The van der Waals surface area contributed by atoms with Crippen molar-refractivity contribution >= 4 is 54.0 Å². The smallest absolute Gasteiger partial charge is 0.123 e. The van der Waals surface area contributed by atoms with Crippen LogP contribution in [0.1, 0.15) is 5.01 Å². The lowest BCUT2D eigenvalue weighted by Gasteiger charge is -2.12. The molecule has 3 aromatic rings. The first kappa shape index (κ1) is 29.4. The molecule has 0 amide bonds. The highest BCUT2D eigenvalue weighted by Gasteiger charge is 2.14. The van der Waals surface area contributed by atoms with Crippen LogP contribution in [0.2, 0.25) is 0 Å². The number of thiazole rings is 1. The predicted molar refractivity (Wildman–Crippen MR) is 183 cm³/mol. The minimum Gasteiger partial charge on any atom is -0.375 e. The Hall–Kier alpha value is -4.58. The van der Waals surface area contributed by atoms with E-state index in [4.69, 9.17) is 0 Å². The second kappa shape index (κ2) is 13.2. The van der Waals surface area contributed by atoms with Crippen LogP contribution in [0.5, 0.6) is 0 Å².